The summed E-state index contributed by atoms with van der Waals surface area (Å²) < 4.78 is 26.2. The molecule has 0 saturated heterocycles. The van der Waals surface area contributed by atoms with Gasteiger partial charge in [0.15, 0.2) is 0 Å². The zero-order valence-electron chi connectivity index (χ0n) is 14.6. The van der Waals surface area contributed by atoms with E-state index in [0.717, 1.165) is 12.8 Å². The first-order valence-electron chi connectivity index (χ1n) is 8.72. The minimum Gasteiger partial charge on any atom is -0.355 e. The smallest absolute Gasteiger partial charge is 0.235 e. The Kier molecular flexibility index (Phi) is 4.69. The lowest BCUT2D eigenvalue weighted by atomic mass is 9.70. The Morgan fingerprint density at radius 3 is 1.92 bits per heavy atom. The Morgan fingerprint density at radius 1 is 0.920 bits per heavy atom. The van der Waals surface area contributed by atoms with Gasteiger partial charge in [-0.1, -0.05) is 56.7 Å². The summed E-state index contributed by atoms with van der Waals surface area (Å²) in [7, 11) is -3.62. The topological polar surface area (TPSA) is 63.2 Å². The fourth-order valence-corrected chi connectivity index (χ4v) is 5.58. The van der Waals surface area contributed by atoms with Gasteiger partial charge in [-0.25, -0.2) is 8.42 Å². The minimum absolute atomic E-state index is 0.119. The first kappa shape index (κ1) is 17.7. The number of carbonyl (C=O) groups excluding carboxylic acids is 1. The van der Waals surface area contributed by atoms with Crippen LogP contribution in [0.3, 0.4) is 0 Å². The summed E-state index contributed by atoms with van der Waals surface area (Å²) in [5.41, 5.74) is 0.205. The summed E-state index contributed by atoms with van der Waals surface area (Å²) in [5, 5.41) is 3.00. The molecule has 0 aromatic heterocycles. The van der Waals surface area contributed by atoms with Gasteiger partial charge in [0.1, 0.15) is 5.41 Å². The van der Waals surface area contributed by atoms with Crippen molar-refractivity contribution in [2.24, 2.45) is 0 Å². The van der Waals surface area contributed by atoms with E-state index in [9.17, 15) is 13.2 Å². The summed E-state index contributed by atoms with van der Waals surface area (Å²) in [4.78, 5) is 13.8. The third-order valence-corrected chi connectivity index (χ3v) is 6.69. The van der Waals surface area contributed by atoms with Gasteiger partial charge in [0.05, 0.1) is 9.79 Å². The van der Waals surface area contributed by atoms with E-state index < -0.39 is 15.3 Å². The van der Waals surface area contributed by atoms with Gasteiger partial charge in [-0.05, 0) is 36.1 Å². The van der Waals surface area contributed by atoms with Gasteiger partial charge in [-0.3, -0.25) is 4.79 Å². The van der Waals surface area contributed by atoms with Crippen LogP contribution in [-0.4, -0.2) is 20.9 Å². The lowest BCUT2D eigenvalue weighted by Crippen LogP contribution is -2.48. The fraction of sp³-hybridized carbons (Fsp3) is 0.350. The SMILES string of the molecule is CCCNC(=O)C1(CCC)c2ccccc2S(=O)(=O)c2ccccc21. The molecule has 1 heterocycles. The summed E-state index contributed by atoms with van der Waals surface area (Å²) in [6, 6.07) is 13.8. The maximum absolute atomic E-state index is 13.3. The van der Waals surface area contributed by atoms with Crippen LogP contribution in [0.1, 0.15) is 44.2 Å². The van der Waals surface area contributed by atoms with Gasteiger partial charge >= 0.3 is 0 Å². The minimum atomic E-state index is -3.62. The summed E-state index contributed by atoms with van der Waals surface area (Å²) in [6.45, 7) is 4.59. The van der Waals surface area contributed by atoms with E-state index in [2.05, 4.69) is 5.32 Å². The van der Waals surface area contributed by atoms with E-state index >= 15 is 0 Å². The van der Waals surface area contributed by atoms with Crippen LogP contribution in [0, 0.1) is 0 Å². The predicted molar refractivity (Wildman–Crippen MR) is 97.3 cm³/mol. The molecule has 2 aromatic carbocycles. The van der Waals surface area contributed by atoms with Gasteiger partial charge in [0.2, 0.25) is 15.7 Å². The van der Waals surface area contributed by atoms with Crippen LogP contribution in [0.25, 0.3) is 0 Å². The molecule has 2 aromatic rings. The number of benzene rings is 2. The highest BCUT2D eigenvalue weighted by Gasteiger charge is 2.50. The molecule has 0 atom stereocenters. The van der Waals surface area contributed by atoms with Crippen LogP contribution < -0.4 is 5.32 Å². The molecule has 25 heavy (non-hydrogen) atoms. The first-order valence-corrected chi connectivity index (χ1v) is 10.2. The molecule has 0 fully saturated rings. The maximum Gasteiger partial charge on any atom is 0.235 e. The van der Waals surface area contributed by atoms with Crippen molar-refractivity contribution in [3.05, 3.63) is 59.7 Å². The van der Waals surface area contributed by atoms with E-state index in [4.69, 9.17) is 0 Å². The van der Waals surface area contributed by atoms with Gasteiger partial charge in [-0.15, -0.1) is 0 Å². The molecule has 4 nitrogen and oxygen atoms in total. The van der Waals surface area contributed by atoms with Crippen molar-refractivity contribution >= 4 is 15.7 Å². The van der Waals surface area contributed by atoms with Gasteiger partial charge in [0.25, 0.3) is 0 Å². The number of nitrogens with one attached hydrogen (secondary N) is 1. The maximum atomic E-state index is 13.3. The lowest BCUT2D eigenvalue weighted by molar-refractivity contribution is -0.125. The van der Waals surface area contributed by atoms with Crippen LogP contribution >= 0.6 is 0 Å². The van der Waals surface area contributed by atoms with Crippen LogP contribution in [0.15, 0.2) is 58.3 Å². The second kappa shape index (κ2) is 6.64. The highest BCUT2D eigenvalue weighted by molar-refractivity contribution is 7.91. The molecule has 1 amide bonds. The number of hydrogen-bond acceptors (Lipinski definition) is 3. The van der Waals surface area contributed by atoms with Crippen molar-refractivity contribution in [2.45, 2.75) is 48.3 Å². The van der Waals surface area contributed by atoms with E-state index in [0.29, 0.717) is 24.1 Å². The molecule has 0 aliphatic carbocycles. The number of sulfone groups is 1. The van der Waals surface area contributed by atoms with Crippen molar-refractivity contribution in [2.75, 3.05) is 6.54 Å². The quantitative estimate of drug-likeness (QED) is 0.891. The normalized spacial score (nSPS) is 16.6. The molecule has 0 spiro atoms. The molecule has 1 aliphatic heterocycles. The van der Waals surface area contributed by atoms with Crippen molar-refractivity contribution in [3.63, 3.8) is 0 Å². The molecule has 0 unspecified atom stereocenters. The second-order valence-electron chi connectivity index (χ2n) is 6.41. The van der Waals surface area contributed by atoms with Crippen molar-refractivity contribution in [3.8, 4) is 0 Å². The third-order valence-electron chi connectivity index (χ3n) is 4.82. The standard InChI is InChI=1S/C20H23NO3S/c1-3-13-20(19(22)21-14-4-2)15-9-5-7-11-17(15)25(23,24)18-12-8-6-10-16(18)20/h5-12H,3-4,13-14H2,1-2H3,(H,21,22). The van der Waals surface area contributed by atoms with E-state index in [-0.39, 0.29) is 15.7 Å². The Balaban J connectivity index is 2.37. The van der Waals surface area contributed by atoms with Crippen molar-refractivity contribution < 1.29 is 13.2 Å². The molecule has 1 N–H and O–H groups in total. The number of carbonyl (C=O) groups is 1. The fourth-order valence-electron chi connectivity index (χ4n) is 3.76. The highest BCUT2D eigenvalue weighted by atomic mass is 32.2. The first-order chi connectivity index (χ1) is 12.0. The van der Waals surface area contributed by atoms with E-state index in [1.54, 1.807) is 48.5 Å². The van der Waals surface area contributed by atoms with Gasteiger partial charge < -0.3 is 5.32 Å². The summed E-state index contributed by atoms with van der Waals surface area (Å²) >= 11 is 0. The molecule has 0 saturated carbocycles. The van der Waals surface area contributed by atoms with Crippen molar-refractivity contribution in [1.82, 2.24) is 5.32 Å². The molecule has 5 heteroatoms. The van der Waals surface area contributed by atoms with Crippen LogP contribution in [-0.2, 0) is 20.0 Å². The second-order valence-corrected chi connectivity index (χ2v) is 8.29. The van der Waals surface area contributed by atoms with Crippen LogP contribution in [0.2, 0.25) is 0 Å². The molecule has 1 aliphatic rings. The average molecular weight is 357 g/mol. The molecular formula is C20H23NO3S. The predicted octanol–water partition coefficient (Wildman–Crippen LogP) is 3.45. The van der Waals surface area contributed by atoms with Gasteiger partial charge in [-0.2, -0.15) is 0 Å². The van der Waals surface area contributed by atoms with E-state index in [1.165, 1.54) is 0 Å². The molecule has 3 rings (SSSR count). The number of rotatable bonds is 5. The largest absolute Gasteiger partial charge is 0.355 e. The lowest BCUT2D eigenvalue weighted by Gasteiger charge is -2.39. The van der Waals surface area contributed by atoms with Crippen LogP contribution in [0.4, 0.5) is 0 Å². The molecule has 0 bridgehead atoms. The van der Waals surface area contributed by atoms with Crippen LogP contribution in [0.5, 0.6) is 0 Å². The highest BCUT2D eigenvalue weighted by Crippen LogP contribution is 2.48. The average Bonchev–Trinajstić information content (AvgIpc) is 2.63. The third kappa shape index (κ3) is 2.58. The molecular weight excluding hydrogens is 334 g/mol. The zero-order chi connectivity index (χ0) is 18.1. The van der Waals surface area contributed by atoms with Crippen molar-refractivity contribution in [1.29, 1.82) is 0 Å². The Bertz CT molecular complexity index is 849. The summed E-state index contributed by atoms with van der Waals surface area (Å²) in [5.74, 6) is -0.119. The number of amides is 1. The Morgan fingerprint density at radius 2 is 1.44 bits per heavy atom. The Labute approximate surface area is 149 Å². The molecule has 0 radical (unpaired) electrons. The zero-order valence-corrected chi connectivity index (χ0v) is 15.4. The monoisotopic (exact) mass is 357 g/mol. The van der Waals surface area contributed by atoms with E-state index in [1.807, 2.05) is 13.8 Å². The number of hydrogen-bond donors (Lipinski definition) is 1. The van der Waals surface area contributed by atoms with Gasteiger partial charge in [0, 0.05) is 6.54 Å². The Hall–Kier alpha value is -2.14. The molecule has 132 valence electrons. The summed E-state index contributed by atoms with van der Waals surface area (Å²) in [6.07, 6.45) is 2.16. The number of fused-ring (bicyclic) bond motifs is 2.